The fourth-order valence-electron chi connectivity index (χ4n) is 2.57. The number of rotatable bonds is 7. The summed E-state index contributed by atoms with van der Waals surface area (Å²) in [6, 6.07) is 10.8. The van der Waals surface area contributed by atoms with Crippen molar-refractivity contribution >= 4 is 22.2 Å². The van der Waals surface area contributed by atoms with Crippen LogP contribution in [0.15, 0.2) is 47.3 Å². The van der Waals surface area contributed by atoms with Crippen molar-refractivity contribution in [3.05, 3.63) is 58.4 Å². The molecule has 0 aliphatic heterocycles. The molecule has 2 aromatic heterocycles. The molecule has 3 aromatic rings. The lowest BCUT2D eigenvalue weighted by atomic mass is 10.2. The molecule has 1 aromatic carbocycles. The summed E-state index contributed by atoms with van der Waals surface area (Å²) in [5.41, 5.74) is 4.00. The monoisotopic (exact) mass is 300 g/mol. The molecule has 0 bridgehead atoms. The number of hydrogen-bond donors (Lipinski definition) is 1. The Morgan fingerprint density at radius 2 is 2.14 bits per heavy atom. The summed E-state index contributed by atoms with van der Waals surface area (Å²) in [4.78, 5) is 0. The Hall–Kier alpha value is -1.62. The summed E-state index contributed by atoms with van der Waals surface area (Å²) in [5, 5.41) is 9.11. The second-order valence-corrected chi connectivity index (χ2v) is 5.88. The predicted octanol–water partition coefficient (Wildman–Crippen LogP) is 3.49. The molecule has 21 heavy (non-hydrogen) atoms. The number of ether oxygens (including phenoxy) is 1. The molecule has 3 nitrogen and oxygen atoms in total. The van der Waals surface area contributed by atoms with Gasteiger partial charge in [-0.05, 0) is 34.0 Å². The van der Waals surface area contributed by atoms with Gasteiger partial charge in [-0.25, -0.2) is 0 Å². The van der Waals surface area contributed by atoms with E-state index in [1.807, 2.05) is 0 Å². The normalized spacial score (nSPS) is 11.3. The van der Waals surface area contributed by atoms with Gasteiger partial charge in [0.15, 0.2) is 0 Å². The van der Waals surface area contributed by atoms with Crippen molar-refractivity contribution in [3.8, 4) is 0 Å². The molecule has 0 amide bonds. The van der Waals surface area contributed by atoms with Crippen LogP contribution in [-0.2, 0) is 17.8 Å². The Balaban J connectivity index is 1.83. The maximum absolute atomic E-state index is 5.08. The van der Waals surface area contributed by atoms with Crippen molar-refractivity contribution in [2.45, 2.75) is 13.1 Å². The predicted molar refractivity (Wildman–Crippen MR) is 88.9 cm³/mol. The zero-order chi connectivity index (χ0) is 14.5. The molecule has 0 atom stereocenters. The Kier molecular flexibility index (Phi) is 4.70. The second-order valence-electron chi connectivity index (χ2n) is 5.10. The number of benzene rings is 1. The topological polar surface area (TPSA) is 26.2 Å². The van der Waals surface area contributed by atoms with Crippen molar-refractivity contribution in [3.63, 3.8) is 0 Å². The van der Waals surface area contributed by atoms with Crippen LogP contribution in [0.4, 0.5) is 0 Å². The highest BCUT2D eigenvalue weighted by Crippen LogP contribution is 2.22. The molecule has 0 aliphatic carbocycles. The van der Waals surface area contributed by atoms with E-state index in [-0.39, 0.29) is 0 Å². The third-order valence-corrected chi connectivity index (χ3v) is 4.33. The molecule has 0 fully saturated rings. The van der Waals surface area contributed by atoms with Gasteiger partial charge >= 0.3 is 0 Å². The maximum atomic E-state index is 5.08. The zero-order valence-corrected chi connectivity index (χ0v) is 13.0. The number of methoxy groups -OCH3 is 1. The van der Waals surface area contributed by atoms with Crippen LogP contribution in [0.3, 0.4) is 0 Å². The van der Waals surface area contributed by atoms with Crippen LogP contribution in [0.2, 0.25) is 0 Å². The Labute approximate surface area is 129 Å². The summed E-state index contributed by atoms with van der Waals surface area (Å²) in [5.74, 6) is 0. The smallest absolute Gasteiger partial charge is 0.0587 e. The SMILES string of the molecule is COCCNCc1cn(Cc2ccsc2)c2ccccc12. The molecule has 0 saturated heterocycles. The van der Waals surface area contributed by atoms with E-state index in [4.69, 9.17) is 4.74 Å². The molecule has 0 aliphatic rings. The van der Waals surface area contributed by atoms with Gasteiger partial charge in [0.2, 0.25) is 0 Å². The second kappa shape index (κ2) is 6.89. The van der Waals surface area contributed by atoms with Crippen LogP contribution >= 0.6 is 11.3 Å². The van der Waals surface area contributed by atoms with Gasteiger partial charge in [-0.15, -0.1) is 0 Å². The van der Waals surface area contributed by atoms with Crippen LogP contribution in [0.1, 0.15) is 11.1 Å². The van der Waals surface area contributed by atoms with Crippen LogP contribution in [0, 0.1) is 0 Å². The van der Waals surface area contributed by atoms with E-state index in [9.17, 15) is 0 Å². The quantitative estimate of drug-likeness (QED) is 0.676. The summed E-state index contributed by atoms with van der Waals surface area (Å²) in [7, 11) is 1.73. The van der Waals surface area contributed by atoms with Gasteiger partial charge in [0.25, 0.3) is 0 Å². The minimum Gasteiger partial charge on any atom is -0.383 e. The van der Waals surface area contributed by atoms with Crippen LogP contribution in [-0.4, -0.2) is 24.8 Å². The van der Waals surface area contributed by atoms with Gasteiger partial charge in [-0.3, -0.25) is 0 Å². The Morgan fingerprint density at radius 3 is 2.95 bits per heavy atom. The molecular formula is C17H20N2OS. The van der Waals surface area contributed by atoms with Crippen molar-refractivity contribution in [2.75, 3.05) is 20.3 Å². The van der Waals surface area contributed by atoms with Crippen LogP contribution < -0.4 is 5.32 Å². The lowest BCUT2D eigenvalue weighted by Crippen LogP contribution is -2.18. The minimum atomic E-state index is 0.744. The van der Waals surface area contributed by atoms with Crippen LogP contribution in [0.25, 0.3) is 10.9 Å². The van der Waals surface area contributed by atoms with Gasteiger partial charge in [0.05, 0.1) is 6.61 Å². The largest absolute Gasteiger partial charge is 0.383 e. The highest BCUT2D eigenvalue weighted by Gasteiger charge is 2.08. The van der Waals surface area contributed by atoms with E-state index in [1.165, 1.54) is 22.0 Å². The molecule has 0 saturated carbocycles. The summed E-state index contributed by atoms with van der Waals surface area (Å²) < 4.78 is 7.41. The Bertz CT molecular complexity index is 688. The van der Waals surface area contributed by atoms with E-state index in [0.29, 0.717) is 0 Å². The minimum absolute atomic E-state index is 0.744. The number of fused-ring (bicyclic) bond motifs is 1. The first-order valence-corrected chi connectivity index (χ1v) is 8.10. The molecule has 3 rings (SSSR count). The average molecular weight is 300 g/mol. The van der Waals surface area contributed by atoms with Gasteiger partial charge in [-0.2, -0.15) is 11.3 Å². The lowest BCUT2D eigenvalue weighted by molar-refractivity contribution is 0.199. The van der Waals surface area contributed by atoms with E-state index in [0.717, 1.165) is 26.2 Å². The first kappa shape index (κ1) is 14.3. The molecule has 2 heterocycles. The van der Waals surface area contributed by atoms with E-state index < -0.39 is 0 Å². The number of hydrogen-bond acceptors (Lipinski definition) is 3. The number of nitrogens with zero attached hydrogens (tertiary/aromatic N) is 1. The zero-order valence-electron chi connectivity index (χ0n) is 12.2. The first-order chi connectivity index (χ1) is 10.4. The van der Waals surface area contributed by atoms with Crippen molar-refractivity contribution in [1.82, 2.24) is 9.88 Å². The fourth-order valence-corrected chi connectivity index (χ4v) is 3.23. The van der Waals surface area contributed by atoms with E-state index in [2.05, 4.69) is 57.2 Å². The molecule has 0 radical (unpaired) electrons. The van der Waals surface area contributed by atoms with Gasteiger partial charge < -0.3 is 14.6 Å². The van der Waals surface area contributed by atoms with Crippen molar-refractivity contribution in [2.24, 2.45) is 0 Å². The number of nitrogens with one attached hydrogen (secondary N) is 1. The maximum Gasteiger partial charge on any atom is 0.0587 e. The van der Waals surface area contributed by atoms with Gasteiger partial charge in [0.1, 0.15) is 0 Å². The lowest BCUT2D eigenvalue weighted by Gasteiger charge is -2.03. The summed E-state index contributed by atoms with van der Waals surface area (Å²) in [6.07, 6.45) is 2.27. The van der Waals surface area contributed by atoms with Crippen molar-refractivity contribution < 1.29 is 4.74 Å². The third kappa shape index (κ3) is 3.35. The standard InChI is InChI=1S/C17H20N2OS/c1-20-8-7-18-10-15-12-19(11-14-6-9-21-13-14)17-5-3-2-4-16(15)17/h2-6,9,12-13,18H,7-8,10-11H2,1H3. The molecule has 110 valence electrons. The molecule has 4 heteroatoms. The fraction of sp³-hybridized carbons (Fsp3) is 0.294. The highest BCUT2D eigenvalue weighted by molar-refractivity contribution is 7.07. The number of para-hydroxylation sites is 1. The molecule has 0 spiro atoms. The average Bonchev–Trinajstić information content (AvgIpc) is 3.13. The van der Waals surface area contributed by atoms with Crippen LogP contribution in [0.5, 0.6) is 0 Å². The number of thiophene rings is 1. The highest BCUT2D eigenvalue weighted by atomic mass is 32.1. The van der Waals surface area contributed by atoms with Gasteiger partial charge in [-0.1, -0.05) is 18.2 Å². The van der Waals surface area contributed by atoms with Crippen molar-refractivity contribution in [1.29, 1.82) is 0 Å². The molecule has 0 unspecified atom stereocenters. The molecule has 1 N–H and O–H groups in total. The first-order valence-electron chi connectivity index (χ1n) is 7.16. The summed E-state index contributed by atoms with van der Waals surface area (Å²) >= 11 is 1.75. The number of aromatic nitrogens is 1. The van der Waals surface area contributed by atoms with E-state index >= 15 is 0 Å². The molecular weight excluding hydrogens is 280 g/mol. The third-order valence-electron chi connectivity index (χ3n) is 3.60. The Morgan fingerprint density at radius 1 is 1.24 bits per heavy atom. The summed E-state index contributed by atoms with van der Waals surface area (Å²) in [6.45, 7) is 3.43. The van der Waals surface area contributed by atoms with E-state index in [1.54, 1.807) is 18.4 Å². The van der Waals surface area contributed by atoms with Gasteiger partial charge in [0, 0.05) is 43.8 Å².